The quantitative estimate of drug-likeness (QED) is 0.660. The van der Waals surface area contributed by atoms with Gasteiger partial charge >= 0.3 is 0 Å². The minimum Gasteiger partial charge on any atom is -0.493 e. The van der Waals surface area contributed by atoms with Gasteiger partial charge in [-0.3, -0.25) is 9.69 Å². The van der Waals surface area contributed by atoms with Crippen molar-refractivity contribution in [3.05, 3.63) is 62.9 Å². The zero-order chi connectivity index (χ0) is 24.2. The van der Waals surface area contributed by atoms with Crippen LogP contribution in [-0.4, -0.2) is 56.5 Å². The Kier molecular flexibility index (Phi) is 7.10. The fourth-order valence-electron chi connectivity index (χ4n) is 4.61. The van der Waals surface area contributed by atoms with Crippen LogP contribution in [0.5, 0.6) is 17.2 Å². The van der Waals surface area contributed by atoms with E-state index in [4.69, 9.17) is 24.7 Å². The summed E-state index contributed by atoms with van der Waals surface area (Å²) in [4.78, 5) is 16.1. The lowest BCUT2D eigenvalue weighted by atomic mass is 9.84. The number of methoxy groups -OCH3 is 2. The van der Waals surface area contributed by atoms with E-state index in [-0.39, 0.29) is 17.0 Å². The van der Waals surface area contributed by atoms with Crippen LogP contribution >= 0.6 is 0 Å². The summed E-state index contributed by atoms with van der Waals surface area (Å²) in [6, 6.07) is 9.30. The molecule has 34 heavy (non-hydrogen) atoms. The van der Waals surface area contributed by atoms with Crippen LogP contribution in [-0.2, 0) is 11.3 Å². The fourth-order valence-corrected chi connectivity index (χ4v) is 4.61. The largest absolute Gasteiger partial charge is 0.493 e. The van der Waals surface area contributed by atoms with Crippen molar-refractivity contribution in [2.45, 2.75) is 25.8 Å². The molecule has 1 aromatic carbocycles. The first-order chi connectivity index (χ1) is 16.5. The van der Waals surface area contributed by atoms with Crippen molar-refractivity contribution < 1.29 is 18.9 Å². The Morgan fingerprint density at radius 1 is 1.15 bits per heavy atom. The topological polar surface area (TPSA) is 112 Å². The van der Waals surface area contributed by atoms with E-state index in [1.165, 1.54) is 0 Å². The van der Waals surface area contributed by atoms with Crippen LogP contribution in [0.15, 0.2) is 40.5 Å². The van der Waals surface area contributed by atoms with Crippen LogP contribution in [0.25, 0.3) is 0 Å². The van der Waals surface area contributed by atoms with Gasteiger partial charge in [0.05, 0.1) is 38.9 Å². The molecule has 1 fully saturated rings. The number of benzene rings is 1. The summed E-state index contributed by atoms with van der Waals surface area (Å²) in [5, 5.41) is 9.90. The van der Waals surface area contributed by atoms with Gasteiger partial charge < -0.3 is 29.2 Å². The van der Waals surface area contributed by atoms with Crippen LogP contribution < -0.4 is 25.5 Å². The first-order valence-electron chi connectivity index (χ1n) is 11.3. The number of aromatic nitrogens is 1. The molecule has 1 saturated heterocycles. The summed E-state index contributed by atoms with van der Waals surface area (Å²) in [7, 11) is 3.10. The smallest absolute Gasteiger partial charge is 0.258 e. The summed E-state index contributed by atoms with van der Waals surface area (Å²) < 4.78 is 23.7. The van der Waals surface area contributed by atoms with Crippen molar-refractivity contribution in [1.29, 1.82) is 5.26 Å². The van der Waals surface area contributed by atoms with E-state index in [1.807, 2.05) is 19.1 Å². The van der Waals surface area contributed by atoms with Crippen molar-refractivity contribution in [2.24, 2.45) is 5.73 Å². The van der Waals surface area contributed by atoms with Gasteiger partial charge in [0, 0.05) is 37.9 Å². The molecule has 1 aromatic heterocycles. The van der Waals surface area contributed by atoms with Gasteiger partial charge in [0.25, 0.3) is 5.56 Å². The molecule has 1 unspecified atom stereocenters. The number of nitrogens with two attached hydrogens (primary N) is 1. The van der Waals surface area contributed by atoms with Gasteiger partial charge in [-0.1, -0.05) is 6.07 Å². The predicted molar refractivity (Wildman–Crippen MR) is 126 cm³/mol. The van der Waals surface area contributed by atoms with Crippen LogP contribution in [0.3, 0.4) is 0 Å². The molecule has 0 spiro atoms. The lowest BCUT2D eigenvalue weighted by Crippen LogP contribution is -2.38. The number of hydrogen-bond acceptors (Lipinski definition) is 8. The van der Waals surface area contributed by atoms with E-state index in [9.17, 15) is 10.1 Å². The average molecular weight is 467 g/mol. The SMILES string of the molecule is COc1ccc(C2C(C#N)=C(N)Oc3cc(C)n(CCCN4CCOCC4)c(=O)c32)cc1OC. The number of aryl methyl sites for hydroxylation is 1. The van der Waals surface area contributed by atoms with Crippen LogP contribution in [0.4, 0.5) is 0 Å². The molecular formula is C25H30N4O5. The Hall–Kier alpha value is -3.48. The number of ether oxygens (including phenoxy) is 4. The highest BCUT2D eigenvalue weighted by atomic mass is 16.5. The van der Waals surface area contributed by atoms with Gasteiger partial charge in [0.1, 0.15) is 17.4 Å². The highest BCUT2D eigenvalue weighted by Crippen LogP contribution is 2.42. The van der Waals surface area contributed by atoms with E-state index in [0.717, 1.165) is 45.0 Å². The van der Waals surface area contributed by atoms with Crippen molar-refractivity contribution in [2.75, 3.05) is 47.1 Å². The molecule has 2 aliphatic rings. The maximum atomic E-state index is 13.8. The molecule has 0 saturated carbocycles. The summed E-state index contributed by atoms with van der Waals surface area (Å²) in [6.07, 6.45) is 0.824. The number of fused-ring (bicyclic) bond motifs is 1. The summed E-state index contributed by atoms with van der Waals surface area (Å²) >= 11 is 0. The highest BCUT2D eigenvalue weighted by Gasteiger charge is 2.34. The molecule has 0 bridgehead atoms. The predicted octanol–water partition coefficient (Wildman–Crippen LogP) is 2.11. The molecule has 2 aromatic rings. The molecule has 0 aliphatic carbocycles. The maximum absolute atomic E-state index is 13.8. The van der Waals surface area contributed by atoms with Gasteiger partial charge in [-0.2, -0.15) is 5.26 Å². The minimum atomic E-state index is -0.674. The molecule has 0 radical (unpaired) electrons. The molecule has 4 rings (SSSR count). The van der Waals surface area contributed by atoms with Crippen molar-refractivity contribution in [1.82, 2.24) is 9.47 Å². The molecule has 9 heteroatoms. The van der Waals surface area contributed by atoms with Crippen LogP contribution in [0, 0.1) is 18.3 Å². The second-order valence-electron chi connectivity index (χ2n) is 8.37. The minimum absolute atomic E-state index is 0.00125. The fraction of sp³-hybridized carbons (Fsp3) is 0.440. The third-order valence-corrected chi connectivity index (χ3v) is 6.39. The Bertz CT molecular complexity index is 1190. The zero-order valence-corrected chi connectivity index (χ0v) is 19.8. The standard InChI is InChI=1S/C25H30N4O5/c1-16-13-21-23(25(30)29(16)8-4-7-28-9-11-33-12-10-28)22(18(15-26)24(27)34-21)17-5-6-19(31-2)20(14-17)32-3/h5-6,13-14,22H,4,7-12,27H2,1-3H3. The van der Waals surface area contributed by atoms with Crippen LogP contribution in [0.2, 0.25) is 0 Å². The Balaban J connectivity index is 1.73. The highest BCUT2D eigenvalue weighted by molar-refractivity contribution is 5.57. The maximum Gasteiger partial charge on any atom is 0.258 e. The molecular weight excluding hydrogens is 436 g/mol. The summed E-state index contributed by atoms with van der Waals surface area (Å²) in [5.74, 6) is 0.759. The van der Waals surface area contributed by atoms with Gasteiger partial charge in [-0.25, -0.2) is 0 Å². The molecule has 3 heterocycles. The van der Waals surface area contributed by atoms with Crippen molar-refractivity contribution in [3.8, 4) is 23.3 Å². The normalized spacial score (nSPS) is 18.1. The molecule has 2 aliphatic heterocycles. The van der Waals surface area contributed by atoms with Gasteiger partial charge in [0.15, 0.2) is 11.5 Å². The molecule has 2 N–H and O–H groups in total. The van der Waals surface area contributed by atoms with E-state index >= 15 is 0 Å². The average Bonchev–Trinajstić information content (AvgIpc) is 2.85. The second-order valence-corrected chi connectivity index (χ2v) is 8.37. The lowest BCUT2D eigenvalue weighted by Gasteiger charge is -2.28. The monoisotopic (exact) mass is 466 g/mol. The number of allylic oxidation sites excluding steroid dienone is 1. The molecule has 1 atom stereocenters. The summed E-state index contributed by atoms with van der Waals surface area (Å²) in [6.45, 7) is 6.63. The Morgan fingerprint density at radius 2 is 1.88 bits per heavy atom. The zero-order valence-electron chi connectivity index (χ0n) is 19.8. The third-order valence-electron chi connectivity index (χ3n) is 6.39. The van der Waals surface area contributed by atoms with E-state index in [1.54, 1.807) is 30.9 Å². The number of nitrogens with zero attached hydrogens (tertiary/aromatic N) is 3. The number of rotatable bonds is 7. The molecule has 9 nitrogen and oxygen atoms in total. The number of nitriles is 1. The molecule has 180 valence electrons. The lowest BCUT2D eigenvalue weighted by molar-refractivity contribution is 0.0369. The van der Waals surface area contributed by atoms with Crippen molar-refractivity contribution in [3.63, 3.8) is 0 Å². The molecule has 0 amide bonds. The number of pyridine rings is 1. The van der Waals surface area contributed by atoms with E-state index in [2.05, 4.69) is 11.0 Å². The second kappa shape index (κ2) is 10.2. The number of hydrogen-bond donors (Lipinski definition) is 1. The Morgan fingerprint density at radius 3 is 2.56 bits per heavy atom. The first-order valence-corrected chi connectivity index (χ1v) is 11.3. The van der Waals surface area contributed by atoms with Gasteiger partial charge in [-0.05, 0) is 31.0 Å². The van der Waals surface area contributed by atoms with Gasteiger partial charge in [-0.15, -0.1) is 0 Å². The van der Waals surface area contributed by atoms with E-state index in [0.29, 0.717) is 34.9 Å². The van der Waals surface area contributed by atoms with E-state index < -0.39 is 5.92 Å². The summed E-state index contributed by atoms with van der Waals surface area (Å²) in [5.41, 5.74) is 8.00. The Labute approximate surface area is 198 Å². The van der Waals surface area contributed by atoms with Crippen LogP contribution in [0.1, 0.15) is 29.2 Å². The van der Waals surface area contributed by atoms with Gasteiger partial charge in [0.2, 0.25) is 5.88 Å². The third kappa shape index (κ3) is 4.47. The van der Waals surface area contributed by atoms with Crippen molar-refractivity contribution >= 4 is 0 Å². The number of morpholine rings is 1. The first kappa shape index (κ1) is 23.7.